The van der Waals surface area contributed by atoms with E-state index in [4.69, 9.17) is 0 Å². The average molecular weight is 212 g/mol. The normalized spacial score (nSPS) is 28.2. The van der Waals surface area contributed by atoms with Gasteiger partial charge in [0.05, 0.1) is 0 Å². The van der Waals surface area contributed by atoms with Crippen molar-refractivity contribution in [3.05, 3.63) is 0 Å². The Morgan fingerprint density at radius 1 is 1.00 bits per heavy atom. The van der Waals surface area contributed by atoms with E-state index >= 15 is 0 Å². The summed E-state index contributed by atoms with van der Waals surface area (Å²) in [5, 5.41) is 3.48. The maximum absolute atomic E-state index is 3.48. The molecular formula is C13H28N2. The Balaban J connectivity index is 2.12. The van der Waals surface area contributed by atoms with E-state index in [-0.39, 0.29) is 0 Å². The van der Waals surface area contributed by atoms with Crippen LogP contribution in [0.2, 0.25) is 0 Å². The fourth-order valence-corrected chi connectivity index (χ4v) is 2.51. The largest absolute Gasteiger partial charge is 0.314 e. The fraction of sp³-hybridized carbons (Fsp3) is 1.00. The van der Waals surface area contributed by atoms with Crippen molar-refractivity contribution in [3.8, 4) is 0 Å². The first kappa shape index (κ1) is 13.0. The molecule has 1 aliphatic heterocycles. The lowest BCUT2D eigenvalue weighted by Gasteiger charge is -2.39. The molecule has 2 unspecified atom stereocenters. The predicted octanol–water partition coefficient (Wildman–Crippen LogP) is 2.64. The summed E-state index contributed by atoms with van der Waals surface area (Å²) in [6.45, 7) is 10.6. The molecule has 1 aliphatic rings. The zero-order chi connectivity index (χ0) is 11.1. The Bertz CT molecular complexity index is 149. The number of nitrogens with zero attached hydrogens (tertiary/aromatic N) is 1. The second-order valence-corrected chi connectivity index (χ2v) is 5.01. The Kier molecular flexibility index (Phi) is 6.26. The molecule has 1 N–H and O–H groups in total. The van der Waals surface area contributed by atoms with Gasteiger partial charge >= 0.3 is 0 Å². The van der Waals surface area contributed by atoms with Gasteiger partial charge in [0.1, 0.15) is 0 Å². The van der Waals surface area contributed by atoms with Gasteiger partial charge in [-0.25, -0.2) is 0 Å². The smallest absolute Gasteiger partial charge is 0.0195 e. The van der Waals surface area contributed by atoms with Crippen LogP contribution in [-0.2, 0) is 0 Å². The quantitative estimate of drug-likeness (QED) is 0.681. The van der Waals surface area contributed by atoms with Gasteiger partial charge in [-0.3, -0.25) is 4.90 Å². The van der Waals surface area contributed by atoms with Crippen LogP contribution in [0.5, 0.6) is 0 Å². The SMILES string of the molecule is CCCCCCCN1C(C)CNCC1C. The van der Waals surface area contributed by atoms with Crippen LogP contribution in [-0.4, -0.2) is 36.6 Å². The van der Waals surface area contributed by atoms with Gasteiger partial charge in [-0.05, 0) is 26.8 Å². The molecule has 1 rings (SSSR count). The molecule has 1 fully saturated rings. The molecule has 15 heavy (non-hydrogen) atoms. The molecule has 2 atom stereocenters. The molecule has 0 aliphatic carbocycles. The minimum Gasteiger partial charge on any atom is -0.314 e. The molecule has 0 saturated carbocycles. The van der Waals surface area contributed by atoms with Gasteiger partial charge in [0.15, 0.2) is 0 Å². The molecule has 0 spiro atoms. The van der Waals surface area contributed by atoms with Gasteiger partial charge in [-0.1, -0.05) is 32.6 Å². The highest BCUT2D eigenvalue weighted by Crippen LogP contribution is 2.12. The van der Waals surface area contributed by atoms with Gasteiger partial charge in [-0.15, -0.1) is 0 Å². The summed E-state index contributed by atoms with van der Waals surface area (Å²) in [6.07, 6.45) is 6.98. The highest BCUT2D eigenvalue weighted by atomic mass is 15.2. The van der Waals surface area contributed by atoms with Crippen molar-refractivity contribution < 1.29 is 0 Å². The Morgan fingerprint density at radius 2 is 1.60 bits per heavy atom. The molecule has 90 valence electrons. The first-order valence-corrected chi connectivity index (χ1v) is 6.72. The summed E-state index contributed by atoms with van der Waals surface area (Å²) in [5.41, 5.74) is 0. The van der Waals surface area contributed by atoms with Crippen LogP contribution in [0.25, 0.3) is 0 Å². The molecule has 0 radical (unpaired) electrons. The number of piperazine rings is 1. The third-order valence-electron chi connectivity index (χ3n) is 3.53. The van der Waals surface area contributed by atoms with Crippen LogP contribution in [0.1, 0.15) is 52.9 Å². The lowest BCUT2D eigenvalue weighted by atomic mass is 10.1. The highest BCUT2D eigenvalue weighted by Gasteiger charge is 2.23. The molecule has 0 aromatic rings. The standard InChI is InChI=1S/C13H28N2/c1-4-5-6-7-8-9-15-12(2)10-14-11-13(15)3/h12-14H,4-11H2,1-3H3. The van der Waals surface area contributed by atoms with E-state index in [0.717, 1.165) is 12.1 Å². The third kappa shape index (κ3) is 4.52. The number of rotatable bonds is 6. The molecule has 2 nitrogen and oxygen atoms in total. The summed E-state index contributed by atoms with van der Waals surface area (Å²) in [5.74, 6) is 0. The molecule has 1 heterocycles. The molecule has 0 aromatic heterocycles. The van der Waals surface area contributed by atoms with Gasteiger partial charge in [-0.2, -0.15) is 0 Å². The summed E-state index contributed by atoms with van der Waals surface area (Å²) >= 11 is 0. The van der Waals surface area contributed by atoms with E-state index in [1.54, 1.807) is 0 Å². The van der Waals surface area contributed by atoms with E-state index in [9.17, 15) is 0 Å². The molecular weight excluding hydrogens is 184 g/mol. The van der Waals surface area contributed by atoms with E-state index in [0.29, 0.717) is 0 Å². The molecule has 2 heteroatoms. The van der Waals surface area contributed by atoms with Gasteiger partial charge in [0.2, 0.25) is 0 Å². The maximum Gasteiger partial charge on any atom is 0.0195 e. The van der Waals surface area contributed by atoms with Crippen LogP contribution in [0.3, 0.4) is 0 Å². The topological polar surface area (TPSA) is 15.3 Å². The minimum absolute atomic E-state index is 0.722. The minimum atomic E-state index is 0.722. The maximum atomic E-state index is 3.48. The zero-order valence-corrected chi connectivity index (χ0v) is 10.8. The van der Waals surface area contributed by atoms with E-state index in [2.05, 4.69) is 31.0 Å². The van der Waals surface area contributed by atoms with Crippen molar-refractivity contribution in [2.75, 3.05) is 19.6 Å². The van der Waals surface area contributed by atoms with Crippen molar-refractivity contribution in [3.63, 3.8) is 0 Å². The van der Waals surface area contributed by atoms with Crippen molar-refractivity contribution in [2.45, 2.75) is 65.0 Å². The highest BCUT2D eigenvalue weighted by molar-refractivity contribution is 4.82. The Hall–Kier alpha value is -0.0800. The van der Waals surface area contributed by atoms with Crippen molar-refractivity contribution in [1.82, 2.24) is 10.2 Å². The molecule has 0 amide bonds. The third-order valence-corrected chi connectivity index (χ3v) is 3.53. The fourth-order valence-electron chi connectivity index (χ4n) is 2.51. The van der Waals surface area contributed by atoms with E-state index in [1.165, 1.54) is 51.7 Å². The van der Waals surface area contributed by atoms with Crippen LogP contribution in [0, 0.1) is 0 Å². The van der Waals surface area contributed by atoms with Crippen molar-refractivity contribution in [2.24, 2.45) is 0 Å². The van der Waals surface area contributed by atoms with E-state index < -0.39 is 0 Å². The van der Waals surface area contributed by atoms with Crippen LogP contribution >= 0.6 is 0 Å². The van der Waals surface area contributed by atoms with Crippen molar-refractivity contribution in [1.29, 1.82) is 0 Å². The number of nitrogens with one attached hydrogen (secondary N) is 1. The monoisotopic (exact) mass is 212 g/mol. The predicted molar refractivity (Wildman–Crippen MR) is 67.3 cm³/mol. The number of hydrogen-bond acceptors (Lipinski definition) is 2. The van der Waals surface area contributed by atoms with Gasteiger partial charge < -0.3 is 5.32 Å². The lowest BCUT2D eigenvalue weighted by molar-refractivity contribution is 0.114. The Labute approximate surface area is 95.4 Å². The first-order chi connectivity index (χ1) is 7.25. The van der Waals surface area contributed by atoms with Crippen LogP contribution < -0.4 is 5.32 Å². The lowest BCUT2D eigenvalue weighted by Crippen LogP contribution is -2.55. The summed E-state index contributed by atoms with van der Waals surface area (Å²) < 4.78 is 0. The summed E-state index contributed by atoms with van der Waals surface area (Å²) in [7, 11) is 0. The zero-order valence-electron chi connectivity index (χ0n) is 10.8. The second-order valence-electron chi connectivity index (χ2n) is 5.01. The van der Waals surface area contributed by atoms with Crippen molar-refractivity contribution >= 4 is 0 Å². The van der Waals surface area contributed by atoms with Crippen LogP contribution in [0.4, 0.5) is 0 Å². The average Bonchev–Trinajstić information content (AvgIpc) is 2.21. The van der Waals surface area contributed by atoms with E-state index in [1.807, 2.05) is 0 Å². The van der Waals surface area contributed by atoms with Gasteiger partial charge in [0.25, 0.3) is 0 Å². The first-order valence-electron chi connectivity index (χ1n) is 6.72. The molecule has 1 saturated heterocycles. The molecule has 0 bridgehead atoms. The summed E-state index contributed by atoms with van der Waals surface area (Å²) in [6, 6.07) is 1.44. The van der Waals surface area contributed by atoms with Gasteiger partial charge in [0, 0.05) is 25.2 Å². The second kappa shape index (κ2) is 7.24. The number of unbranched alkanes of at least 4 members (excludes halogenated alkanes) is 4. The summed E-state index contributed by atoms with van der Waals surface area (Å²) in [4.78, 5) is 2.67. The Morgan fingerprint density at radius 3 is 2.20 bits per heavy atom. The molecule has 0 aromatic carbocycles. The van der Waals surface area contributed by atoms with Crippen LogP contribution in [0.15, 0.2) is 0 Å². The number of hydrogen-bond donors (Lipinski definition) is 1.